The Morgan fingerprint density at radius 1 is 1.54 bits per heavy atom. The van der Waals surface area contributed by atoms with Crippen molar-refractivity contribution in [1.82, 2.24) is 0 Å². The number of Topliss-reactive ketones (excluding diaryl/α,β-unsaturated/α-hetero) is 1. The highest BCUT2D eigenvalue weighted by Crippen LogP contribution is 2.36. The maximum atomic E-state index is 11.7. The molecule has 3 nitrogen and oxygen atoms in total. The van der Waals surface area contributed by atoms with Crippen molar-refractivity contribution < 1.29 is 14.6 Å². The van der Waals surface area contributed by atoms with Gasteiger partial charge >= 0.3 is 0 Å². The van der Waals surface area contributed by atoms with Crippen LogP contribution in [0.15, 0.2) is 11.6 Å². The Morgan fingerprint density at radius 3 is 2.77 bits per heavy atom. The lowest BCUT2D eigenvalue weighted by molar-refractivity contribution is -0.120. The minimum absolute atomic E-state index is 0.0265. The van der Waals surface area contributed by atoms with Crippen LogP contribution in [0.3, 0.4) is 0 Å². The second-order valence-electron chi connectivity index (χ2n) is 4.31. The van der Waals surface area contributed by atoms with Gasteiger partial charge in [-0.1, -0.05) is 6.08 Å². The second kappa shape index (κ2) is 2.66. The van der Waals surface area contributed by atoms with Gasteiger partial charge in [-0.05, 0) is 13.8 Å². The quantitative estimate of drug-likeness (QED) is 0.643. The van der Waals surface area contributed by atoms with Crippen molar-refractivity contribution in [1.29, 1.82) is 0 Å². The fraction of sp³-hybridized carbons (Fsp3) is 0.700. The third kappa shape index (κ3) is 1.32. The molecule has 1 saturated heterocycles. The van der Waals surface area contributed by atoms with E-state index in [0.29, 0.717) is 18.8 Å². The topological polar surface area (TPSA) is 46.5 Å². The number of aliphatic hydroxyl groups is 1. The largest absolute Gasteiger partial charge is 0.386 e. The Kier molecular flexibility index (Phi) is 1.82. The van der Waals surface area contributed by atoms with E-state index in [1.54, 1.807) is 13.8 Å². The number of hydrogen-bond acceptors (Lipinski definition) is 3. The summed E-state index contributed by atoms with van der Waals surface area (Å²) in [5, 5.41) is 9.71. The lowest BCUT2D eigenvalue weighted by atomic mass is 9.93. The maximum Gasteiger partial charge on any atom is 0.167 e. The van der Waals surface area contributed by atoms with Crippen LogP contribution >= 0.6 is 0 Å². The summed E-state index contributed by atoms with van der Waals surface area (Å²) in [7, 11) is 0. The standard InChI is InChI=1S/C10H14O3/c1-10(2,12)8-3-6-4-13-5-7(6)9(8)11/h3,6-7,12H,4-5H2,1-2H3. The van der Waals surface area contributed by atoms with Crippen LogP contribution in [0.1, 0.15) is 13.8 Å². The minimum Gasteiger partial charge on any atom is -0.386 e. The summed E-state index contributed by atoms with van der Waals surface area (Å²) in [4.78, 5) is 11.7. The zero-order valence-corrected chi connectivity index (χ0v) is 7.91. The SMILES string of the molecule is CC(C)(O)C1=CC2COCC2C1=O. The number of carbonyl (C=O) groups is 1. The molecule has 2 unspecified atom stereocenters. The van der Waals surface area contributed by atoms with E-state index in [9.17, 15) is 9.90 Å². The van der Waals surface area contributed by atoms with Gasteiger partial charge in [0.15, 0.2) is 5.78 Å². The Balaban J connectivity index is 2.28. The van der Waals surface area contributed by atoms with Crippen LogP contribution in [0, 0.1) is 11.8 Å². The molecule has 2 aliphatic rings. The van der Waals surface area contributed by atoms with Gasteiger partial charge in [0, 0.05) is 11.5 Å². The monoisotopic (exact) mass is 182 g/mol. The van der Waals surface area contributed by atoms with Gasteiger partial charge in [0.1, 0.15) is 0 Å². The van der Waals surface area contributed by atoms with Crippen molar-refractivity contribution in [3.8, 4) is 0 Å². The molecule has 1 fully saturated rings. The van der Waals surface area contributed by atoms with Crippen LogP contribution in [0.25, 0.3) is 0 Å². The Hall–Kier alpha value is -0.670. The Bertz CT molecular complexity index is 272. The van der Waals surface area contributed by atoms with E-state index in [0.717, 1.165) is 0 Å². The van der Waals surface area contributed by atoms with Gasteiger partial charge in [-0.2, -0.15) is 0 Å². The number of carbonyl (C=O) groups excluding carboxylic acids is 1. The highest BCUT2D eigenvalue weighted by molar-refractivity contribution is 6.01. The molecule has 0 amide bonds. The van der Waals surface area contributed by atoms with E-state index >= 15 is 0 Å². The maximum absolute atomic E-state index is 11.7. The molecule has 1 aliphatic heterocycles. The molecule has 0 saturated carbocycles. The molecule has 0 radical (unpaired) electrons. The van der Waals surface area contributed by atoms with Crippen LogP contribution in [-0.2, 0) is 9.53 Å². The Morgan fingerprint density at radius 2 is 2.23 bits per heavy atom. The van der Waals surface area contributed by atoms with Crippen LogP contribution in [-0.4, -0.2) is 29.7 Å². The van der Waals surface area contributed by atoms with Gasteiger partial charge in [0.05, 0.1) is 24.7 Å². The van der Waals surface area contributed by atoms with Gasteiger partial charge in [0.25, 0.3) is 0 Å². The molecule has 13 heavy (non-hydrogen) atoms. The first kappa shape index (κ1) is 8.91. The van der Waals surface area contributed by atoms with E-state index in [-0.39, 0.29) is 17.6 Å². The summed E-state index contributed by atoms with van der Waals surface area (Å²) >= 11 is 0. The van der Waals surface area contributed by atoms with Gasteiger partial charge in [0.2, 0.25) is 0 Å². The normalized spacial score (nSPS) is 33.5. The molecule has 0 aromatic rings. The average Bonchev–Trinajstić information content (AvgIpc) is 2.51. The molecule has 0 spiro atoms. The van der Waals surface area contributed by atoms with Crippen LogP contribution in [0.5, 0.6) is 0 Å². The Labute approximate surface area is 77.4 Å². The molecule has 2 rings (SSSR count). The summed E-state index contributed by atoms with van der Waals surface area (Å²) in [5.41, 5.74) is -0.438. The number of rotatable bonds is 1. The molecule has 0 aromatic carbocycles. The molecule has 1 aliphatic carbocycles. The lowest BCUT2D eigenvalue weighted by Gasteiger charge is -2.18. The highest BCUT2D eigenvalue weighted by Gasteiger charge is 2.43. The first-order chi connectivity index (χ1) is 6.00. The second-order valence-corrected chi connectivity index (χ2v) is 4.31. The van der Waals surface area contributed by atoms with Crippen LogP contribution < -0.4 is 0 Å². The molecule has 3 heteroatoms. The summed E-state index contributed by atoms with van der Waals surface area (Å²) in [5.74, 6) is 0.241. The van der Waals surface area contributed by atoms with Crippen LogP contribution in [0.4, 0.5) is 0 Å². The lowest BCUT2D eigenvalue weighted by Crippen LogP contribution is -2.28. The number of ketones is 1. The minimum atomic E-state index is -0.999. The highest BCUT2D eigenvalue weighted by atomic mass is 16.5. The number of ether oxygens (including phenoxy) is 1. The third-order valence-electron chi connectivity index (χ3n) is 2.77. The fourth-order valence-corrected chi connectivity index (χ4v) is 2.01. The first-order valence-electron chi connectivity index (χ1n) is 4.57. The van der Waals surface area contributed by atoms with E-state index < -0.39 is 5.60 Å². The van der Waals surface area contributed by atoms with E-state index in [1.807, 2.05) is 6.08 Å². The third-order valence-corrected chi connectivity index (χ3v) is 2.77. The molecular weight excluding hydrogens is 168 g/mol. The summed E-state index contributed by atoms with van der Waals surface area (Å²) in [6.07, 6.45) is 1.88. The van der Waals surface area contributed by atoms with Gasteiger partial charge in [-0.3, -0.25) is 4.79 Å². The van der Waals surface area contributed by atoms with Crippen molar-refractivity contribution in [2.24, 2.45) is 11.8 Å². The molecule has 1 heterocycles. The van der Waals surface area contributed by atoms with E-state index in [2.05, 4.69) is 0 Å². The predicted molar refractivity (Wildman–Crippen MR) is 47.2 cm³/mol. The first-order valence-corrected chi connectivity index (χ1v) is 4.57. The zero-order chi connectivity index (χ0) is 9.64. The number of hydrogen-bond donors (Lipinski definition) is 1. The van der Waals surface area contributed by atoms with Crippen molar-refractivity contribution in [2.45, 2.75) is 19.4 Å². The fourth-order valence-electron chi connectivity index (χ4n) is 2.01. The van der Waals surface area contributed by atoms with Crippen molar-refractivity contribution in [3.63, 3.8) is 0 Å². The average molecular weight is 182 g/mol. The number of fused-ring (bicyclic) bond motifs is 1. The van der Waals surface area contributed by atoms with Crippen molar-refractivity contribution in [3.05, 3.63) is 11.6 Å². The molecular formula is C10H14O3. The van der Waals surface area contributed by atoms with Gasteiger partial charge in [-0.25, -0.2) is 0 Å². The van der Waals surface area contributed by atoms with Crippen molar-refractivity contribution >= 4 is 5.78 Å². The predicted octanol–water partition coefficient (Wildman–Crippen LogP) is 0.529. The summed E-state index contributed by atoms with van der Waals surface area (Å²) in [6.45, 7) is 4.44. The summed E-state index contributed by atoms with van der Waals surface area (Å²) in [6, 6.07) is 0. The smallest absolute Gasteiger partial charge is 0.167 e. The molecule has 0 aromatic heterocycles. The summed E-state index contributed by atoms with van der Waals surface area (Å²) < 4.78 is 5.20. The molecule has 72 valence electrons. The van der Waals surface area contributed by atoms with Gasteiger partial charge in [-0.15, -0.1) is 0 Å². The van der Waals surface area contributed by atoms with Crippen LogP contribution in [0.2, 0.25) is 0 Å². The van der Waals surface area contributed by atoms with E-state index in [4.69, 9.17) is 4.74 Å². The van der Waals surface area contributed by atoms with Gasteiger partial charge < -0.3 is 9.84 Å². The van der Waals surface area contributed by atoms with Crippen molar-refractivity contribution in [2.75, 3.05) is 13.2 Å². The molecule has 2 atom stereocenters. The van der Waals surface area contributed by atoms with E-state index in [1.165, 1.54) is 0 Å². The zero-order valence-electron chi connectivity index (χ0n) is 7.91. The molecule has 1 N–H and O–H groups in total. The molecule has 0 bridgehead atoms.